The summed E-state index contributed by atoms with van der Waals surface area (Å²) in [5, 5.41) is 19.0. The Bertz CT molecular complexity index is 662. The number of hydrogen-bond acceptors (Lipinski definition) is 5. The number of rotatable bonds is 6. The first kappa shape index (κ1) is 16.0. The van der Waals surface area contributed by atoms with Crippen LogP contribution < -0.4 is 10.6 Å². The van der Waals surface area contributed by atoms with E-state index in [2.05, 4.69) is 15.6 Å². The van der Waals surface area contributed by atoms with E-state index in [-0.39, 0.29) is 18.6 Å². The number of aliphatic hydroxyl groups is 1. The Morgan fingerprint density at radius 2 is 2.39 bits per heavy atom. The van der Waals surface area contributed by atoms with Gasteiger partial charge in [-0.15, -0.1) is 11.3 Å². The fraction of sp³-hybridized carbons (Fsp3) is 0.500. The number of thiazole rings is 1. The summed E-state index contributed by atoms with van der Waals surface area (Å²) < 4.78 is 5.20. The fourth-order valence-electron chi connectivity index (χ4n) is 2.44. The van der Waals surface area contributed by atoms with Crippen LogP contribution in [-0.4, -0.2) is 22.7 Å². The lowest BCUT2D eigenvalue weighted by molar-refractivity contribution is 0.0366. The van der Waals surface area contributed by atoms with Gasteiger partial charge in [-0.1, -0.05) is 0 Å². The maximum atomic E-state index is 12.2. The molecule has 2 aromatic heterocycles. The quantitative estimate of drug-likeness (QED) is 0.757. The normalized spacial score (nSPS) is 18.2. The van der Waals surface area contributed by atoms with Gasteiger partial charge < -0.3 is 20.2 Å². The smallest absolute Gasteiger partial charge is 0.315 e. The molecule has 2 aromatic rings. The molecule has 2 atom stereocenters. The van der Waals surface area contributed by atoms with Crippen LogP contribution >= 0.6 is 11.3 Å². The second-order valence-corrected chi connectivity index (χ2v) is 7.11. The topological polar surface area (TPSA) is 87.4 Å². The van der Waals surface area contributed by atoms with Crippen molar-refractivity contribution >= 4 is 17.4 Å². The Morgan fingerprint density at radius 3 is 2.96 bits per heavy atom. The summed E-state index contributed by atoms with van der Waals surface area (Å²) in [6.45, 7) is 3.62. The molecule has 1 aliphatic rings. The fourth-order valence-corrected chi connectivity index (χ4v) is 3.38. The van der Waals surface area contributed by atoms with Crippen molar-refractivity contribution in [3.63, 3.8) is 0 Å². The highest BCUT2D eigenvalue weighted by atomic mass is 32.1. The molecule has 0 aromatic carbocycles. The zero-order valence-electron chi connectivity index (χ0n) is 13.2. The Labute approximate surface area is 138 Å². The molecule has 3 rings (SSSR count). The van der Waals surface area contributed by atoms with Crippen molar-refractivity contribution in [1.82, 2.24) is 15.6 Å². The van der Waals surface area contributed by atoms with Crippen LogP contribution in [0.5, 0.6) is 0 Å². The van der Waals surface area contributed by atoms with Crippen molar-refractivity contribution in [2.45, 2.75) is 38.3 Å². The molecule has 1 aliphatic carbocycles. The summed E-state index contributed by atoms with van der Waals surface area (Å²) in [4.78, 5) is 16.7. The standard InChI is InChI=1S/C16H21N3O3S/c1-10-8-23-14(18-10)13(11-5-6-11)19-15(20)17-9-16(2,21)12-4-3-7-22-12/h3-4,7-8,11,13,21H,5-6,9H2,1-2H3,(H2,17,19,20). The predicted octanol–water partition coefficient (Wildman–Crippen LogP) is 2.70. The van der Waals surface area contributed by atoms with E-state index >= 15 is 0 Å². The van der Waals surface area contributed by atoms with Gasteiger partial charge in [0.1, 0.15) is 16.4 Å². The van der Waals surface area contributed by atoms with Crippen LogP contribution in [0.3, 0.4) is 0 Å². The van der Waals surface area contributed by atoms with Gasteiger partial charge in [0.15, 0.2) is 0 Å². The zero-order valence-corrected chi connectivity index (χ0v) is 14.0. The predicted molar refractivity (Wildman–Crippen MR) is 87.1 cm³/mol. The first-order valence-corrected chi connectivity index (χ1v) is 8.56. The minimum absolute atomic E-state index is 0.0535. The molecule has 0 saturated heterocycles. The highest BCUT2D eigenvalue weighted by molar-refractivity contribution is 7.09. The summed E-state index contributed by atoms with van der Waals surface area (Å²) in [7, 11) is 0. The van der Waals surface area contributed by atoms with Crippen LogP contribution in [0.1, 0.15) is 42.3 Å². The Balaban J connectivity index is 1.57. The molecule has 23 heavy (non-hydrogen) atoms. The lowest BCUT2D eigenvalue weighted by Gasteiger charge is -2.22. The molecule has 1 fully saturated rings. The van der Waals surface area contributed by atoms with Gasteiger partial charge in [-0.05, 0) is 44.7 Å². The number of carbonyl (C=O) groups is 1. The molecule has 3 N–H and O–H groups in total. The molecular weight excluding hydrogens is 314 g/mol. The SMILES string of the molecule is Cc1csc(C(NC(=O)NCC(C)(O)c2ccco2)C2CC2)n1. The lowest BCUT2D eigenvalue weighted by atomic mass is 10.0. The molecule has 0 radical (unpaired) electrons. The Kier molecular flexibility index (Phi) is 4.41. The largest absolute Gasteiger partial charge is 0.466 e. The number of aromatic nitrogens is 1. The van der Waals surface area contributed by atoms with Crippen molar-refractivity contribution in [3.05, 3.63) is 40.2 Å². The Hall–Kier alpha value is -1.86. The van der Waals surface area contributed by atoms with Gasteiger partial charge >= 0.3 is 6.03 Å². The third kappa shape index (κ3) is 3.92. The van der Waals surface area contributed by atoms with Crippen LogP contribution in [0.15, 0.2) is 28.2 Å². The average Bonchev–Trinajstić information content (AvgIpc) is 3.00. The minimum atomic E-state index is -1.24. The van der Waals surface area contributed by atoms with E-state index in [9.17, 15) is 9.90 Å². The van der Waals surface area contributed by atoms with Gasteiger partial charge in [-0.2, -0.15) is 0 Å². The highest BCUT2D eigenvalue weighted by Gasteiger charge is 2.35. The third-order valence-corrected chi connectivity index (χ3v) is 4.97. The molecule has 1 saturated carbocycles. The van der Waals surface area contributed by atoms with Gasteiger partial charge in [0, 0.05) is 11.1 Å². The van der Waals surface area contributed by atoms with E-state index in [0.717, 1.165) is 23.5 Å². The van der Waals surface area contributed by atoms with Crippen LogP contribution in [-0.2, 0) is 5.60 Å². The number of carbonyl (C=O) groups excluding carboxylic acids is 1. The van der Waals surface area contributed by atoms with Gasteiger partial charge in [0.25, 0.3) is 0 Å². The van der Waals surface area contributed by atoms with Crippen molar-refractivity contribution in [2.75, 3.05) is 6.54 Å². The molecular formula is C16H21N3O3S. The molecule has 2 amide bonds. The average molecular weight is 335 g/mol. The highest BCUT2D eigenvalue weighted by Crippen LogP contribution is 2.41. The molecule has 2 heterocycles. The van der Waals surface area contributed by atoms with E-state index < -0.39 is 5.60 Å². The minimum Gasteiger partial charge on any atom is -0.466 e. The molecule has 6 nitrogen and oxygen atoms in total. The van der Waals surface area contributed by atoms with Crippen LogP contribution in [0.4, 0.5) is 4.79 Å². The van der Waals surface area contributed by atoms with E-state index in [1.807, 2.05) is 12.3 Å². The van der Waals surface area contributed by atoms with E-state index in [1.54, 1.807) is 30.4 Å². The maximum absolute atomic E-state index is 12.2. The van der Waals surface area contributed by atoms with E-state index in [4.69, 9.17) is 4.42 Å². The van der Waals surface area contributed by atoms with Crippen LogP contribution in [0.25, 0.3) is 0 Å². The summed E-state index contributed by atoms with van der Waals surface area (Å²) in [6, 6.07) is 3.03. The molecule has 0 aliphatic heterocycles. The number of hydrogen-bond donors (Lipinski definition) is 3. The second kappa shape index (κ2) is 6.33. The monoisotopic (exact) mass is 335 g/mol. The summed E-state index contributed by atoms with van der Waals surface area (Å²) in [5.41, 5.74) is -0.271. The van der Waals surface area contributed by atoms with Gasteiger partial charge in [-0.3, -0.25) is 0 Å². The lowest BCUT2D eigenvalue weighted by Crippen LogP contribution is -2.44. The molecule has 2 unspecified atom stereocenters. The Morgan fingerprint density at radius 1 is 1.61 bits per heavy atom. The van der Waals surface area contributed by atoms with Gasteiger partial charge in [0.2, 0.25) is 0 Å². The van der Waals surface area contributed by atoms with Crippen molar-refractivity contribution in [2.24, 2.45) is 5.92 Å². The van der Waals surface area contributed by atoms with Crippen molar-refractivity contribution in [3.8, 4) is 0 Å². The number of nitrogens with one attached hydrogen (secondary N) is 2. The van der Waals surface area contributed by atoms with Gasteiger partial charge in [0.05, 0.1) is 18.8 Å². The number of urea groups is 1. The van der Waals surface area contributed by atoms with Crippen LogP contribution in [0.2, 0.25) is 0 Å². The van der Waals surface area contributed by atoms with Crippen molar-refractivity contribution in [1.29, 1.82) is 0 Å². The first-order valence-electron chi connectivity index (χ1n) is 7.68. The number of nitrogens with zero attached hydrogens (tertiary/aromatic N) is 1. The van der Waals surface area contributed by atoms with E-state index in [0.29, 0.717) is 11.7 Å². The molecule has 7 heteroatoms. The molecule has 0 bridgehead atoms. The molecule has 0 spiro atoms. The maximum Gasteiger partial charge on any atom is 0.315 e. The van der Waals surface area contributed by atoms with Crippen molar-refractivity contribution < 1.29 is 14.3 Å². The van der Waals surface area contributed by atoms with E-state index in [1.165, 1.54) is 6.26 Å². The van der Waals surface area contributed by atoms with Crippen LogP contribution in [0, 0.1) is 12.8 Å². The number of furan rings is 1. The third-order valence-electron chi connectivity index (χ3n) is 3.93. The molecule has 124 valence electrons. The summed E-state index contributed by atoms with van der Waals surface area (Å²) in [6.07, 6.45) is 3.71. The summed E-state index contributed by atoms with van der Waals surface area (Å²) >= 11 is 1.57. The number of amides is 2. The summed E-state index contributed by atoms with van der Waals surface area (Å²) in [5.74, 6) is 0.879. The second-order valence-electron chi connectivity index (χ2n) is 6.22. The number of aryl methyl sites for hydroxylation is 1. The van der Waals surface area contributed by atoms with Gasteiger partial charge in [-0.25, -0.2) is 9.78 Å². The first-order chi connectivity index (χ1) is 11.0. The zero-order chi connectivity index (χ0) is 16.4.